The molecule has 4 heterocycles. The zero-order valence-electron chi connectivity index (χ0n) is 19.0. The highest BCUT2D eigenvalue weighted by molar-refractivity contribution is 6.30. The second-order valence-corrected chi connectivity index (χ2v) is 8.84. The summed E-state index contributed by atoms with van der Waals surface area (Å²) in [6, 6.07) is 8.88. The maximum Gasteiger partial charge on any atom is 0.435 e. The number of rotatable bonds is 4. The Balaban J connectivity index is 1.53. The number of aliphatic hydroxyl groups excluding tert-OH is 1. The largest absolute Gasteiger partial charge is 0.435 e. The number of aryl methyl sites for hydroxylation is 1. The minimum absolute atomic E-state index is 0.00939. The van der Waals surface area contributed by atoms with Crippen LogP contribution in [0.1, 0.15) is 35.3 Å². The van der Waals surface area contributed by atoms with Crippen LogP contribution >= 0.6 is 11.6 Å². The number of ether oxygens (including phenoxy) is 3. The fraction of sp³-hybridized carbons (Fsp3) is 0.409. The van der Waals surface area contributed by atoms with Gasteiger partial charge < -0.3 is 19.3 Å². The van der Waals surface area contributed by atoms with Gasteiger partial charge in [-0.05, 0) is 18.5 Å². The van der Waals surface area contributed by atoms with Crippen molar-refractivity contribution >= 4 is 11.6 Å². The molecule has 3 aromatic rings. The number of nitrogens with zero attached hydrogens (tertiary/aromatic N) is 7. The Kier molecular flexibility index (Phi) is 6.79. The van der Waals surface area contributed by atoms with Crippen LogP contribution in [0.4, 0.5) is 13.2 Å². The lowest BCUT2D eigenvalue weighted by atomic mass is 9.91. The quantitative estimate of drug-likeness (QED) is 0.298. The minimum atomic E-state index is -4.83. The van der Waals surface area contributed by atoms with Gasteiger partial charge in [0.05, 0.1) is 29.5 Å². The number of aliphatic hydroxyl groups is 1. The topological polar surface area (TPSA) is 140 Å². The summed E-state index contributed by atoms with van der Waals surface area (Å²) in [5, 5.41) is 19.0. The average Bonchev–Trinajstić information content (AvgIpc) is 3.26. The summed E-state index contributed by atoms with van der Waals surface area (Å²) in [5.41, 5.74) is 8.14. The lowest BCUT2D eigenvalue weighted by Gasteiger charge is -2.46. The molecule has 0 bridgehead atoms. The Morgan fingerprint density at radius 1 is 1.24 bits per heavy atom. The molecule has 194 valence electrons. The summed E-state index contributed by atoms with van der Waals surface area (Å²) in [6.07, 6.45) is -9.41. The van der Waals surface area contributed by atoms with Crippen molar-refractivity contribution in [2.24, 2.45) is 5.11 Å². The fourth-order valence-corrected chi connectivity index (χ4v) is 4.55. The summed E-state index contributed by atoms with van der Waals surface area (Å²) in [6.45, 7) is 1.45. The molecule has 2 aliphatic heterocycles. The first-order chi connectivity index (χ1) is 17.7. The summed E-state index contributed by atoms with van der Waals surface area (Å²) in [5.74, 6) is -0.0667. The first kappa shape index (κ1) is 25.4. The number of alkyl halides is 3. The monoisotopic (exact) mass is 537 g/mol. The van der Waals surface area contributed by atoms with Crippen molar-refractivity contribution in [2.75, 3.05) is 6.61 Å². The summed E-state index contributed by atoms with van der Waals surface area (Å²) in [7, 11) is 0. The third kappa shape index (κ3) is 4.87. The third-order valence-corrected chi connectivity index (χ3v) is 6.16. The van der Waals surface area contributed by atoms with Crippen LogP contribution < -0.4 is 0 Å². The van der Waals surface area contributed by atoms with Crippen LogP contribution in [0.3, 0.4) is 0 Å². The van der Waals surface area contributed by atoms with Gasteiger partial charge in [-0.3, -0.25) is 0 Å². The molecule has 6 atom stereocenters. The van der Waals surface area contributed by atoms with Crippen LogP contribution in [-0.2, 0) is 20.4 Å². The summed E-state index contributed by atoms with van der Waals surface area (Å²) < 4.78 is 60.0. The first-order valence-electron chi connectivity index (χ1n) is 11.0. The van der Waals surface area contributed by atoms with Gasteiger partial charge >= 0.3 is 6.18 Å². The Labute approximate surface area is 212 Å². The summed E-state index contributed by atoms with van der Waals surface area (Å²) in [4.78, 5) is 10.5. The number of pyridine rings is 1. The molecule has 0 spiro atoms. The molecule has 11 nitrogen and oxygen atoms in total. The van der Waals surface area contributed by atoms with Crippen LogP contribution in [0.15, 0.2) is 47.7 Å². The first-order valence-corrected chi connectivity index (χ1v) is 11.4. The van der Waals surface area contributed by atoms with E-state index in [4.69, 9.17) is 25.8 Å². The zero-order chi connectivity index (χ0) is 26.3. The van der Waals surface area contributed by atoms with Crippen LogP contribution in [0.2, 0.25) is 5.02 Å². The average molecular weight is 538 g/mol. The smallest absolute Gasteiger partial charge is 0.389 e. The summed E-state index contributed by atoms with van der Waals surface area (Å²) >= 11 is 5.95. The third-order valence-electron chi connectivity index (χ3n) is 5.96. The molecule has 2 saturated heterocycles. The zero-order valence-corrected chi connectivity index (χ0v) is 19.8. The molecule has 0 aliphatic carbocycles. The number of benzene rings is 1. The maximum atomic E-state index is 13.7. The molecule has 2 fully saturated rings. The van der Waals surface area contributed by atoms with E-state index in [1.807, 2.05) is 6.07 Å². The van der Waals surface area contributed by atoms with Gasteiger partial charge in [-0.15, -0.1) is 0 Å². The molecule has 37 heavy (non-hydrogen) atoms. The van der Waals surface area contributed by atoms with Gasteiger partial charge in [0.1, 0.15) is 24.1 Å². The van der Waals surface area contributed by atoms with Crippen molar-refractivity contribution in [2.45, 2.75) is 49.8 Å². The number of azide groups is 1. The van der Waals surface area contributed by atoms with E-state index < -0.39 is 54.3 Å². The lowest BCUT2D eigenvalue weighted by molar-refractivity contribution is -0.309. The molecule has 0 saturated carbocycles. The molecule has 5 rings (SSSR count). The van der Waals surface area contributed by atoms with Gasteiger partial charge in [0.15, 0.2) is 17.8 Å². The molecule has 0 radical (unpaired) electrons. The highest BCUT2D eigenvalue weighted by Gasteiger charge is 2.51. The molecular formula is C22H19ClF3N7O4. The van der Waals surface area contributed by atoms with Gasteiger partial charge in [0, 0.05) is 16.7 Å². The van der Waals surface area contributed by atoms with Gasteiger partial charge in [-0.2, -0.15) is 18.3 Å². The van der Waals surface area contributed by atoms with Crippen molar-refractivity contribution in [3.8, 4) is 5.69 Å². The predicted molar refractivity (Wildman–Crippen MR) is 120 cm³/mol. The minimum Gasteiger partial charge on any atom is -0.389 e. The predicted octanol–water partition coefficient (Wildman–Crippen LogP) is 4.24. The van der Waals surface area contributed by atoms with E-state index in [9.17, 15) is 23.8 Å². The second-order valence-electron chi connectivity index (χ2n) is 8.41. The Bertz CT molecular complexity index is 1340. The SMILES string of the molecule is Cc1nc([C@@H]2OC3COC(c4ccccc4)O[C@@H]3[C@H](N=[N+]=[N-])C2O)n(-c2cc(Cl)cnc2C(F)(F)F)n1. The van der Waals surface area contributed by atoms with Gasteiger partial charge in [-0.1, -0.05) is 47.0 Å². The van der Waals surface area contributed by atoms with E-state index in [0.717, 1.165) is 16.9 Å². The van der Waals surface area contributed by atoms with E-state index >= 15 is 0 Å². The molecule has 2 aliphatic rings. The van der Waals surface area contributed by atoms with Crippen molar-refractivity contribution in [3.05, 3.63) is 81.0 Å². The molecule has 0 amide bonds. The van der Waals surface area contributed by atoms with E-state index in [1.54, 1.807) is 24.3 Å². The van der Waals surface area contributed by atoms with Crippen LogP contribution in [0.5, 0.6) is 0 Å². The van der Waals surface area contributed by atoms with Crippen molar-refractivity contribution in [1.82, 2.24) is 19.7 Å². The molecule has 1 N–H and O–H groups in total. The molecule has 1 aromatic carbocycles. The van der Waals surface area contributed by atoms with Crippen molar-refractivity contribution in [3.63, 3.8) is 0 Å². The van der Waals surface area contributed by atoms with E-state index in [1.165, 1.54) is 6.92 Å². The van der Waals surface area contributed by atoms with E-state index in [-0.39, 0.29) is 23.3 Å². The maximum absolute atomic E-state index is 13.7. The van der Waals surface area contributed by atoms with Gasteiger partial charge in [-0.25, -0.2) is 14.6 Å². The van der Waals surface area contributed by atoms with Crippen molar-refractivity contribution in [1.29, 1.82) is 0 Å². The highest BCUT2D eigenvalue weighted by Crippen LogP contribution is 2.41. The fourth-order valence-electron chi connectivity index (χ4n) is 4.40. The van der Waals surface area contributed by atoms with Crippen LogP contribution in [-0.4, -0.2) is 55.8 Å². The Morgan fingerprint density at radius 2 is 2.00 bits per heavy atom. The normalized spacial score (nSPS) is 27.8. The van der Waals surface area contributed by atoms with E-state index in [0.29, 0.717) is 5.56 Å². The number of aromatic nitrogens is 4. The lowest BCUT2D eigenvalue weighted by Crippen LogP contribution is -2.58. The van der Waals surface area contributed by atoms with Crippen LogP contribution in [0.25, 0.3) is 16.1 Å². The van der Waals surface area contributed by atoms with Gasteiger partial charge in [0.2, 0.25) is 0 Å². The molecule has 15 heteroatoms. The molecule has 3 unspecified atom stereocenters. The Morgan fingerprint density at radius 3 is 2.70 bits per heavy atom. The number of fused-ring (bicyclic) bond motifs is 1. The highest BCUT2D eigenvalue weighted by atomic mass is 35.5. The Hall–Kier alpha value is -3.26. The second kappa shape index (κ2) is 9.89. The number of hydrogen-bond acceptors (Lipinski definition) is 8. The number of hydrogen-bond donors (Lipinski definition) is 1. The molecule has 2 aromatic heterocycles. The van der Waals surface area contributed by atoms with Crippen molar-refractivity contribution < 1.29 is 32.5 Å². The number of halogens is 4. The van der Waals surface area contributed by atoms with Crippen LogP contribution in [0, 0.1) is 6.92 Å². The molecular weight excluding hydrogens is 519 g/mol. The van der Waals surface area contributed by atoms with Gasteiger partial charge in [0.25, 0.3) is 0 Å². The standard InChI is InChI=1S/C22H19ClF3N7O4/c1-10-29-20(33(31-10)13-7-12(23)8-28-19(13)22(24,25)26)18-16(34)15(30-32-27)17-14(36-18)9-35-21(37-17)11-5-3-2-4-6-11/h2-8,14-18,21,34H,9H2,1H3/t14?,15-,16?,17+,18-,21?/m1/s1. The van der Waals surface area contributed by atoms with E-state index in [2.05, 4.69) is 25.1 Å².